The van der Waals surface area contributed by atoms with Crippen molar-refractivity contribution in [2.24, 2.45) is 0 Å². The van der Waals surface area contributed by atoms with Gasteiger partial charge in [0.25, 0.3) is 0 Å². The lowest BCUT2D eigenvalue weighted by Crippen LogP contribution is -2.53. The Bertz CT molecular complexity index is 1280. The van der Waals surface area contributed by atoms with Gasteiger partial charge in [-0.05, 0) is 25.1 Å². The fourth-order valence-electron chi connectivity index (χ4n) is 4.45. The molecule has 1 aromatic heterocycles. The maximum absolute atomic E-state index is 13.2. The summed E-state index contributed by atoms with van der Waals surface area (Å²) in [5.74, 6) is 1.07. The number of carbonyl (C=O) groups excluding carboxylic acids is 1. The number of rotatable bonds is 5. The van der Waals surface area contributed by atoms with Crippen LogP contribution < -0.4 is 9.47 Å². The fourth-order valence-corrected chi connectivity index (χ4v) is 5.89. The molecule has 174 valence electrons. The van der Waals surface area contributed by atoms with Gasteiger partial charge in [0.15, 0.2) is 17.3 Å². The molecular formula is C24H27N3O5S. The summed E-state index contributed by atoms with van der Waals surface area (Å²) in [6, 6.07) is 12.2. The normalized spacial score (nSPS) is 18.7. The quantitative estimate of drug-likeness (QED) is 0.578. The van der Waals surface area contributed by atoms with Gasteiger partial charge in [0.2, 0.25) is 10.0 Å². The van der Waals surface area contributed by atoms with Crippen LogP contribution in [0.4, 0.5) is 0 Å². The molecule has 0 unspecified atom stereocenters. The van der Waals surface area contributed by atoms with Crippen molar-refractivity contribution in [3.05, 3.63) is 54.2 Å². The first-order valence-corrected chi connectivity index (χ1v) is 12.6. The topological polar surface area (TPSA) is 91.9 Å². The minimum atomic E-state index is -3.67. The van der Waals surface area contributed by atoms with E-state index >= 15 is 0 Å². The van der Waals surface area contributed by atoms with Crippen molar-refractivity contribution in [1.29, 1.82) is 0 Å². The van der Waals surface area contributed by atoms with Gasteiger partial charge < -0.3 is 14.5 Å². The molecule has 1 fully saturated rings. The van der Waals surface area contributed by atoms with Crippen LogP contribution in [-0.2, 0) is 10.0 Å². The molecule has 1 saturated heterocycles. The van der Waals surface area contributed by atoms with Crippen molar-refractivity contribution in [3.8, 4) is 11.5 Å². The van der Waals surface area contributed by atoms with Crippen LogP contribution in [0.2, 0.25) is 0 Å². The van der Waals surface area contributed by atoms with E-state index in [1.807, 2.05) is 36.1 Å². The van der Waals surface area contributed by atoms with Crippen LogP contribution in [0.25, 0.3) is 10.9 Å². The summed E-state index contributed by atoms with van der Waals surface area (Å²) < 4.78 is 39.2. The largest absolute Gasteiger partial charge is 0.490 e. The number of para-hydroxylation sites is 1. The molecule has 2 aliphatic rings. The lowest BCUT2D eigenvalue weighted by molar-refractivity contribution is 0.0784. The predicted molar refractivity (Wildman–Crippen MR) is 124 cm³/mol. The van der Waals surface area contributed by atoms with E-state index in [-0.39, 0.29) is 16.7 Å². The number of aromatic nitrogens is 1. The summed E-state index contributed by atoms with van der Waals surface area (Å²) in [5.41, 5.74) is 1.60. The monoisotopic (exact) mass is 469 g/mol. The van der Waals surface area contributed by atoms with E-state index in [1.54, 1.807) is 24.4 Å². The molecule has 8 nitrogen and oxygen atoms in total. The highest BCUT2D eigenvalue weighted by atomic mass is 32.2. The highest BCUT2D eigenvalue weighted by Gasteiger charge is 2.33. The number of hydrogen-bond acceptors (Lipinski definition) is 6. The standard InChI is InChI=1S/C24H27N3O5S/c1-17(24(28)20-16-25-21-6-3-2-5-19(20)21)26-9-11-27(12-10-26)33(29,30)18-7-8-22-23(15-18)32-14-4-13-31-22/h2-3,5-8,15-17,25H,4,9-14H2,1H3/t17-/m0/s1. The number of fused-ring (bicyclic) bond motifs is 2. The molecule has 0 radical (unpaired) electrons. The summed E-state index contributed by atoms with van der Waals surface area (Å²) >= 11 is 0. The van der Waals surface area contributed by atoms with Crippen molar-refractivity contribution < 1.29 is 22.7 Å². The zero-order valence-electron chi connectivity index (χ0n) is 18.5. The van der Waals surface area contributed by atoms with E-state index in [4.69, 9.17) is 9.47 Å². The number of ether oxygens (including phenoxy) is 2. The molecule has 0 saturated carbocycles. The highest BCUT2D eigenvalue weighted by molar-refractivity contribution is 7.89. The molecule has 0 amide bonds. The minimum absolute atomic E-state index is 0.0339. The van der Waals surface area contributed by atoms with Crippen molar-refractivity contribution in [3.63, 3.8) is 0 Å². The van der Waals surface area contributed by atoms with Crippen molar-refractivity contribution >= 4 is 26.7 Å². The lowest BCUT2D eigenvalue weighted by Gasteiger charge is -2.36. The molecule has 3 heterocycles. The predicted octanol–water partition coefficient (Wildman–Crippen LogP) is 2.91. The number of Topliss-reactive ketones (excluding diaryl/α,β-unsaturated/α-hetero) is 1. The minimum Gasteiger partial charge on any atom is -0.490 e. The van der Waals surface area contributed by atoms with E-state index in [0.29, 0.717) is 56.5 Å². The Labute approximate surface area is 193 Å². The molecule has 9 heteroatoms. The van der Waals surface area contributed by atoms with E-state index in [1.165, 1.54) is 4.31 Å². The number of ketones is 1. The van der Waals surface area contributed by atoms with E-state index in [0.717, 1.165) is 17.3 Å². The Morgan fingerprint density at radius 2 is 1.73 bits per heavy atom. The zero-order chi connectivity index (χ0) is 23.0. The van der Waals surface area contributed by atoms with E-state index in [9.17, 15) is 13.2 Å². The molecule has 33 heavy (non-hydrogen) atoms. The molecule has 0 spiro atoms. The third-order valence-electron chi connectivity index (χ3n) is 6.41. The smallest absolute Gasteiger partial charge is 0.243 e. The third kappa shape index (κ3) is 4.12. The summed E-state index contributed by atoms with van der Waals surface area (Å²) in [7, 11) is -3.67. The molecular weight excluding hydrogens is 442 g/mol. The van der Waals surface area contributed by atoms with Crippen LogP contribution in [0.3, 0.4) is 0 Å². The first-order chi connectivity index (χ1) is 15.9. The molecule has 2 aliphatic heterocycles. The van der Waals surface area contributed by atoms with Crippen LogP contribution in [0.1, 0.15) is 23.7 Å². The van der Waals surface area contributed by atoms with Crippen LogP contribution >= 0.6 is 0 Å². The van der Waals surface area contributed by atoms with Crippen molar-refractivity contribution in [2.75, 3.05) is 39.4 Å². The third-order valence-corrected chi connectivity index (χ3v) is 8.31. The maximum atomic E-state index is 13.2. The van der Waals surface area contributed by atoms with Crippen LogP contribution in [0.15, 0.2) is 53.6 Å². The van der Waals surface area contributed by atoms with Crippen LogP contribution in [0, 0.1) is 0 Å². The SMILES string of the molecule is C[C@@H](C(=O)c1c[nH]c2ccccc12)N1CCN(S(=O)(=O)c2ccc3c(c2)OCCCO3)CC1. The number of carbonyl (C=O) groups is 1. The van der Waals surface area contributed by atoms with Gasteiger partial charge in [0.05, 0.1) is 24.2 Å². The second-order valence-electron chi connectivity index (χ2n) is 8.39. The van der Waals surface area contributed by atoms with Gasteiger partial charge in [-0.1, -0.05) is 18.2 Å². The van der Waals surface area contributed by atoms with Crippen molar-refractivity contribution in [2.45, 2.75) is 24.3 Å². The van der Waals surface area contributed by atoms with Gasteiger partial charge in [-0.15, -0.1) is 0 Å². The molecule has 0 aliphatic carbocycles. The first-order valence-electron chi connectivity index (χ1n) is 11.2. The average molecular weight is 470 g/mol. The molecule has 3 aromatic rings. The molecule has 5 rings (SSSR count). The van der Waals surface area contributed by atoms with Gasteiger partial charge in [0.1, 0.15) is 0 Å². The van der Waals surface area contributed by atoms with Gasteiger partial charge in [-0.2, -0.15) is 4.31 Å². The molecule has 1 atom stereocenters. The Morgan fingerprint density at radius 3 is 2.52 bits per heavy atom. The van der Waals surface area contributed by atoms with E-state index < -0.39 is 10.0 Å². The number of nitrogens with zero attached hydrogens (tertiary/aromatic N) is 2. The number of benzene rings is 2. The number of aromatic amines is 1. The van der Waals surface area contributed by atoms with E-state index in [2.05, 4.69) is 4.98 Å². The van der Waals surface area contributed by atoms with Gasteiger partial charge in [-0.3, -0.25) is 9.69 Å². The molecule has 1 N–H and O–H groups in total. The molecule has 0 bridgehead atoms. The lowest BCUT2D eigenvalue weighted by atomic mass is 10.0. The summed E-state index contributed by atoms with van der Waals surface area (Å²) in [6.07, 6.45) is 2.52. The summed E-state index contributed by atoms with van der Waals surface area (Å²) in [5, 5.41) is 0.907. The van der Waals surface area contributed by atoms with Gasteiger partial charge >= 0.3 is 0 Å². The Kier molecular flexibility index (Phi) is 5.86. The van der Waals surface area contributed by atoms with Gasteiger partial charge in [-0.25, -0.2) is 8.42 Å². The fraction of sp³-hybridized carbons (Fsp3) is 0.375. The number of hydrogen-bond donors (Lipinski definition) is 1. The maximum Gasteiger partial charge on any atom is 0.243 e. The number of H-pyrrole nitrogens is 1. The summed E-state index contributed by atoms with van der Waals surface area (Å²) in [4.78, 5) is 18.6. The number of sulfonamides is 1. The Hall–Kier alpha value is -2.88. The first kappa shape index (κ1) is 21.9. The number of nitrogens with one attached hydrogen (secondary N) is 1. The summed E-state index contributed by atoms with van der Waals surface area (Å²) in [6.45, 7) is 4.55. The van der Waals surface area contributed by atoms with Crippen LogP contribution in [0.5, 0.6) is 11.5 Å². The average Bonchev–Trinajstić information content (AvgIpc) is 3.13. The number of piperazine rings is 1. The van der Waals surface area contributed by atoms with Gasteiger partial charge in [0, 0.05) is 61.3 Å². The highest BCUT2D eigenvalue weighted by Crippen LogP contribution is 2.33. The second kappa shape index (κ2) is 8.81. The van der Waals surface area contributed by atoms with Crippen LogP contribution in [-0.4, -0.2) is 73.8 Å². The Morgan fingerprint density at radius 1 is 1.00 bits per heavy atom. The van der Waals surface area contributed by atoms with Crippen molar-refractivity contribution in [1.82, 2.24) is 14.2 Å². The zero-order valence-corrected chi connectivity index (χ0v) is 19.3. The second-order valence-corrected chi connectivity index (χ2v) is 10.3. The Balaban J connectivity index is 1.27. The molecule has 2 aromatic carbocycles.